The van der Waals surface area contributed by atoms with Gasteiger partial charge < -0.3 is 14.9 Å². The first-order chi connectivity index (χ1) is 12.0. The molecule has 2 aliphatic rings. The van der Waals surface area contributed by atoms with Crippen LogP contribution in [0.15, 0.2) is 42.6 Å². The number of benzene rings is 1. The average Bonchev–Trinajstić information content (AvgIpc) is 2.85. The minimum Gasteiger partial charge on any atom is -0.506 e. The van der Waals surface area contributed by atoms with E-state index in [9.17, 15) is 14.7 Å². The molecule has 0 saturated carbocycles. The number of aromatic nitrogens is 1. The fourth-order valence-electron chi connectivity index (χ4n) is 3.97. The largest absolute Gasteiger partial charge is 0.506 e. The molecule has 1 N–H and O–H groups in total. The minimum absolute atomic E-state index is 0.0327. The number of pyridine rings is 1. The topological polar surface area (TPSA) is 73.7 Å². The molecule has 0 radical (unpaired) electrons. The van der Waals surface area contributed by atoms with Gasteiger partial charge >= 0.3 is 0 Å². The van der Waals surface area contributed by atoms with E-state index in [4.69, 9.17) is 0 Å². The third-order valence-corrected chi connectivity index (χ3v) is 5.37. The maximum absolute atomic E-state index is 12.9. The van der Waals surface area contributed by atoms with E-state index in [2.05, 4.69) is 4.98 Å². The van der Waals surface area contributed by atoms with Crippen LogP contribution in [-0.4, -0.2) is 46.9 Å². The van der Waals surface area contributed by atoms with Gasteiger partial charge in [0.2, 0.25) is 5.91 Å². The van der Waals surface area contributed by atoms with E-state index in [1.165, 1.54) is 18.3 Å². The number of hydrogen-bond donors (Lipinski definition) is 1. The molecule has 0 atom stereocenters. The molecular formula is C19H19N3O3. The fourth-order valence-corrected chi connectivity index (χ4v) is 3.97. The van der Waals surface area contributed by atoms with Gasteiger partial charge in [0, 0.05) is 25.8 Å². The Balaban J connectivity index is 1.56. The van der Waals surface area contributed by atoms with Gasteiger partial charge in [0.15, 0.2) is 0 Å². The third kappa shape index (κ3) is 2.28. The molecule has 2 amide bonds. The second-order valence-corrected chi connectivity index (χ2v) is 6.66. The van der Waals surface area contributed by atoms with E-state index in [-0.39, 0.29) is 17.6 Å². The quantitative estimate of drug-likeness (QED) is 0.863. The Morgan fingerprint density at radius 2 is 1.88 bits per heavy atom. The van der Waals surface area contributed by atoms with Crippen molar-refractivity contribution in [2.45, 2.75) is 18.3 Å². The normalized spacial score (nSPS) is 18.5. The molecule has 1 aromatic heterocycles. The molecule has 4 rings (SSSR count). The highest BCUT2D eigenvalue weighted by atomic mass is 16.3. The molecule has 0 bridgehead atoms. The molecule has 128 valence electrons. The number of anilines is 1. The van der Waals surface area contributed by atoms with Crippen LogP contribution in [0.5, 0.6) is 5.75 Å². The van der Waals surface area contributed by atoms with Crippen molar-refractivity contribution < 1.29 is 14.7 Å². The number of rotatable bonds is 1. The summed E-state index contributed by atoms with van der Waals surface area (Å²) in [5, 5.41) is 9.31. The number of likely N-dealkylation sites (tertiary alicyclic amines) is 1. The summed E-state index contributed by atoms with van der Waals surface area (Å²) in [6.07, 6.45) is 2.48. The molecule has 0 unspecified atom stereocenters. The van der Waals surface area contributed by atoms with Gasteiger partial charge in [0.05, 0.1) is 11.6 Å². The molecule has 25 heavy (non-hydrogen) atoms. The van der Waals surface area contributed by atoms with E-state index in [1.54, 1.807) is 9.80 Å². The highest BCUT2D eigenvalue weighted by Gasteiger charge is 2.51. The summed E-state index contributed by atoms with van der Waals surface area (Å²) in [6, 6.07) is 10.9. The van der Waals surface area contributed by atoms with Crippen molar-refractivity contribution in [1.29, 1.82) is 0 Å². The van der Waals surface area contributed by atoms with Crippen molar-refractivity contribution in [3.63, 3.8) is 0 Å². The fraction of sp³-hybridized carbons (Fsp3) is 0.316. The molecule has 1 spiro atoms. The lowest BCUT2D eigenvalue weighted by atomic mass is 9.73. The molecule has 3 heterocycles. The molecular weight excluding hydrogens is 318 g/mol. The van der Waals surface area contributed by atoms with Crippen molar-refractivity contribution >= 4 is 17.5 Å². The van der Waals surface area contributed by atoms with Gasteiger partial charge in [-0.15, -0.1) is 0 Å². The second kappa shape index (κ2) is 5.58. The van der Waals surface area contributed by atoms with Gasteiger partial charge in [0.25, 0.3) is 5.91 Å². The number of carbonyl (C=O) groups excluding carboxylic acids is 2. The zero-order valence-corrected chi connectivity index (χ0v) is 14.0. The number of nitrogens with zero attached hydrogens (tertiary/aromatic N) is 3. The number of fused-ring (bicyclic) bond motifs is 2. The van der Waals surface area contributed by atoms with E-state index < -0.39 is 5.41 Å². The van der Waals surface area contributed by atoms with E-state index >= 15 is 0 Å². The van der Waals surface area contributed by atoms with Crippen LogP contribution in [0.2, 0.25) is 0 Å². The smallest absolute Gasteiger partial charge is 0.272 e. The Morgan fingerprint density at radius 1 is 1.16 bits per heavy atom. The van der Waals surface area contributed by atoms with Crippen LogP contribution in [0, 0.1) is 0 Å². The van der Waals surface area contributed by atoms with Gasteiger partial charge in [-0.05, 0) is 36.6 Å². The molecule has 1 fully saturated rings. The van der Waals surface area contributed by atoms with Gasteiger partial charge in [-0.2, -0.15) is 0 Å². The number of piperidine rings is 1. The van der Waals surface area contributed by atoms with Crippen molar-refractivity contribution in [3.05, 3.63) is 53.9 Å². The monoisotopic (exact) mass is 337 g/mol. The lowest BCUT2D eigenvalue weighted by Crippen LogP contribution is -2.49. The van der Waals surface area contributed by atoms with E-state index in [0.717, 1.165) is 11.3 Å². The van der Waals surface area contributed by atoms with E-state index in [1.807, 2.05) is 31.3 Å². The first kappa shape index (κ1) is 15.6. The predicted molar refractivity (Wildman–Crippen MR) is 92.6 cm³/mol. The highest BCUT2D eigenvalue weighted by Crippen LogP contribution is 2.47. The van der Waals surface area contributed by atoms with E-state index in [0.29, 0.717) is 31.6 Å². The zero-order chi connectivity index (χ0) is 17.6. The number of amides is 2. The van der Waals surface area contributed by atoms with Crippen LogP contribution in [0.25, 0.3) is 0 Å². The molecule has 6 nitrogen and oxygen atoms in total. The van der Waals surface area contributed by atoms with Crippen LogP contribution in [0.1, 0.15) is 28.9 Å². The number of carbonyl (C=O) groups is 2. The number of hydrogen-bond acceptors (Lipinski definition) is 4. The van der Waals surface area contributed by atoms with Crippen molar-refractivity contribution in [1.82, 2.24) is 9.88 Å². The van der Waals surface area contributed by atoms with Crippen LogP contribution < -0.4 is 4.90 Å². The maximum Gasteiger partial charge on any atom is 0.272 e. The summed E-state index contributed by atoms with van der Waals surface area (Å²) in [5.74, 6) is -0.0177. The first-order valence-electron chi connectivity index (χ1n) is 8.35. The van der Waals surface area contributed by atoms with Crippen molar-refractivity contribution in [3.8, 4) is 5.75 Å². The summed E-state index contributed by atoms with van der Waals surface area (Å²) in [7, 11) is 1.81. The standard InChI is InChI=1S/C19H19N3O3/c1-21-16-5-3-2-4-14(16)19(18(21)25)8-10-22(11-9-19)17(24)15-7-6-13(23)12-20-15/h2-7,12,23H,8-11H2,1H3. The van der Waals surface area contributed by atoms with Gasteiger partial charge in [-0.25, -0.2) is 4.98 Å². The van der Waals surface area contributed by atoms with Crippen LogP contribution in [0.3, 0.4) is 0 Å². The lowest BCUT2D eigenvalue weighted by Gasteiger charge is -2.38. The number of aromatic hydroxyl groups is 1. The lowest BCUT2D eigenvalue weighted by molar-refractivity contribution is -0.124. The van der Waals surface area contributed by atoms with Gasteiger partial charge in [0.1, 0.15) is 11.4 Å². The van der Waals surface area contributed by atoms with Gasteiger partial charge in [-0.3, -0.25) is 9.59 Å². The Hall–Kier alpha value is -2.89. The highest BCUT2D eigenvalue weighted by molar-refractivity contribution is 6.08. The predicted octanol–water partition coefficient (Wildman–Crippen LogP) is 1.94. The molecule has 6 heteroatoms. The summed E-state index contributed by atoms with van der Waals surface area (Å²) in [4.78, 5) is 33.0. The molecule has 2 aromatic rings. The zero-order valence-electron chi connectivity index (χ0n) is 14.0. The maximum atomic E-state index is 12.9. The Bertz CT molecular complexity index is 839. The number of para-hydroxylation sites is 1. The van der Waals surface area contributed by atoms with Crippen molar-refractivity contribution in [2.75, 3.05) is 25.0 Å². The Kier molecular flexibility index (Phi) is 3.49. The number of likely N-dealkylation sites (N-methyl/N-ethyl adjacent to an activating group) is 1. The molecule has 1 saturated heterocycles. The third-order valence-electron chi connectivity index (χ3n) is 5.37. The summed E-state index contributed by atoms with van der Waals surface area (Å²) >= 11 is 0. The van der Waals surface area contributed by atoms with Gasteiger partial charge in [-0.1, -0.05) is 18.2 Å². The SMILES string of the molecule is CN1C(=O)C2(CCN(C(=O)c3ccc(O)cn3)CC2)c2ccccc21. The Morgan fingerprint density at radius 3 is 2.56 bits per heavy atom. The van der Waals surface area contributed by atoms with Crippen LogP contribution in [0.4, 0.5) is 5.69 Å². The van der Waals surface area contributed by atoms with Crippen LogP contribution in [-0.2, 0) is 10.2 Å². The first-order valence-corrected chi connectivity index (χ1v) is 8.35. The summed E-state index contributed by atoms with van der Waals surface area (Å²) in [5.41, 5.74) is 1.82. The summed E-state index contributed by atoms with van der Waals surface area (Å²) in [6.45, 7) is 1.02. The van der Waals surface area contributed by atoms with Crippen molar-refractivity contribution in [2.24, 2.45) is 0 Å². The Labute approximate surface area is 145 Å². The summed E-state index contributed by atoms with van der Waals surface area (Å²) < 4.78 is 0. The molecule has 0 aliphatic carbocycles. The molecule has 2 aliphatic heterocycles. The molecule has 1 aromatic carbocycles. The van der Waals surface area contributed by atoms with Crippen LogP contribution >= 0.6 is 0 Å². The average molecular weight is 337 g/mol. The minimum atomic E-state index is -0.523. The second-order valence-electron chi connectivity index (χ2n) is 6.66.